The Bertz CT molecular complexity index is 1280. The lowest BCUT2D eigenvalue weighted by atomic mass is 9.81. The van der Waals surface area contributed by atoms with E-state index in [9.17, 15) is 4.79 Å². The summed E-state index contributed by atoms with van der Waals surface area (Å²) in [5, 5.41) is 7.94. The topological polar surface area (TPSA) is 60.0 Å². The van der Waals surface area contributed by atoms with Gasteiger partial charge in [0, 0.05) is 18.0 Å². The van der Waals surface area contributed by atoms with Crippen LogP contribution >= 0.6 is 0 Å². The summed E-state index contributed by atoms with van der Waals surface area (Å²) >= 11 is 0. The van der Waals surface area contributed by atoms with E-state index in [1.807, 2.05) is 26.8 Å². The molecule has 0 radical (unpaired) electrons. The van der Waals surface area contributed by atoms with Gasteiger partial charge in [0.05, 0.1) is 27.4 Å². The van der Waals surface area contributed by atoms with Gasteiger partial charge < -0.3 is 19.5 Å². The number of methoxy groups -OCH3 is 3. The molecule has 1 N–H and O–H groups in total. The molecule has 2 heterocycles. The molecular formula is C28H34N2O4. The molecule has 0 saturated carbocycles. The molecule has 180 valence electrons. The van der Waals surface area contributed by atoms with Crippen LogP contribution in [-0.2, 0) is 11.3 Å². The van der Waals surface area contributed by atoms with Crippen molar-refractivity contribution in [1.29, 1.82) is 0 Å². The molecule has 6 heteroatoms. The maximum Gasteiger partial charge on any atom is 0.225 e. The van der Waals surface area contributed by atoms with Crippen LogP contribution < -0.4 is 19.5 Å². The number of benzene rings is 3. The van der Waals surface area contributed by atoms with Crippen LogP contribution in [0.4, 0.5) is 0 Å². The van der Waals surface area contributed by atoms with Crippen LogP contribution in [0.2, 0.25) is 0 Å². The second-order valence-electron chi connectivity index (χ2n) is 10.4. The summed E-state index contributed by atoms with van der Waals surface area (Å²) in [7, 11) is 5.02. The van der Waals surface area contributed by atoms with Crippen molar-refractivity contribution in [2.75, 3.05) is 27.9 Å². The van der Waals surface area contributed by atoms with Gasteiger partial charge >= 0.3 is 0 Å². The highest BCUT2D eigenvalue weighted by Gasteiger charge is 2.41. The van der Waals surface area contributed by atoms with Crippen LogP contribution in [0, 0.1) is 5.41 Å². The third kappa shape index (κ3) is 3.56. The monoisotopic (exact) mass is 462 g/mol. The van der Waals surface area contributed by atoms with Crippen molar-refractivity contribution < 1.29 is 19.0 Å². The summed E-state index contributed by atoms with van der Waals surface area (Å²) in [6, 6.07) is 10.6. The van der Waals surface area contributed by atoms with E-state index in [0.29, 0.717) is 17.5 Å². The molecule has 1 fully saturated rings. The highest BCUT2D eigenvalue weighted by Crippen LogP contribution is 2.47. The Morgan fingerprint density at radius 2 is 1.62 bits per heavy atom. The van der Waals surface area contributed by atoms with Crippen LogP contribution in [0.5, 0.6) is 17.2 Å². The summed E-state index contributed by atoms with van der Waals surface area (Å²) in [5.74, 6) is 2.29. The van der Waals surface area contributed by atoms with Crippen molar-refractivity contribution in [1.82, 2.24) is 10.2 Å². The number of ether oxygens (including phenoxy) is 3. The zero-order chi connectivity index (χ0) is 24.2. The number of hydrogen-bond acceptors (Lipinski definition) is 5. The molecule has 2 aliphatic heterocycles. The largest absolute Gasteiger partial charge is 0.497 e. The average molecular weight is 463 g/mol. The van der Waals surface area contributed by atoms with Crippen molar-refractivity contribution in [3.63, 3.8) is 0 Å². The van der Waals surface area contributed by atoms with E-state index in [-0.39, 0.29) is 11.9 Å². The number of rotatable bonds is 4. The fourth-order valence-corrected chi connectivity index (χ4v) is 5.64. The lowest BCUT2D eigenvalue weighted by Gasteiger charge is -2.41. The van der Waals surface area contributed by atoms with E-state index in [4.69, 9.17) is 14.2 Å². The number of fused-ring (bicyclic) bond motifs is 7. The van der Waals surface area contributed by atoms with Crippen molar-refractivity contribution in [2.24, 2.45) is 5.41 Å². The molecule has 0 bridgehead atoms. The van der Waals surface area contributed by atoms with Crippen LogP contribution in [0.15, 0.2) is 30.3 Å². The van der Waals surface area contributed by atoms with Crippen LogP contribution in [0.1, 0.15) is 50.8 Å². The zero-order valence-electron chi connectivity index (χ0n) is 21.0. The molecule has 3 aromatic rings. The number of hydrogen-bond donors (Lipinski definition) is 1. The van der Waals surface area contributed by atoms with Gasteiger partial charge in [-0.2, -0.15) is 0 Å². The van der Waals surface area contributed by atoms with E-state index in [2.05, 4.69) is 34.5 Å². The summed E-state index contributed by atoms with van der Waals surface area (Å²) < 4.78 is 16.9. The van der Waals surface area contributed by atoms with Crippen molar-refractivity contribution >= 4 is 27.5 Å². The van der Waals surface area contributed by atoms with Gasteiger partial charge in [-0.15, -0.1) is 0 Å². The van der Waals surface area contributed by atoms with Gasteiger partial charge in [-0.3, -0.25) is 9.69 Å². The van der Waals surface area contributed by atoms with E-state index in [1.54, 1.807) is 21.3 Å². The van der Waals surface area contributed by atoms with Gasteiger partial charge in [0.1, 0.15) is 5.75 Å². The second kappa shape index (κ2) is 8.35. The SMILES string of the molecule is COc1ccc2c3c(c4cc(OC)c(OC)cc4c2c1)CN1CCC[C@H]1[C@H]3NC(=O)C(C)(C)C. The summed E-state index contributed by atoms with van der Waals surface area (Å²) in [5.41, 5.74) is 2.01. The molecule has 0 spiro atoms. The maximum atomic E-state index is 13.2. The first-order valence-electron chi connectivity index (χ1n) is 12.0. The minimum absolute atomic E-state index is 0.0753. The molecule has 6 nitrogen and oxygen atoms in total. The molecule has 0 unspecified atom stereocenters. The number of carbonyl (C=O) groups is 1. The first-order valence-corrected chi connectivity index (χ1v) is 12.0. The minimum atomic E-state index is -0.465. The quantitative estimate of drug-likeness (QED) is 0.540. The first-order chi connectivity index (χ1) is 16.3. The third-order valence-electron chi connectivity index (χ3n) is 7.42. The summed E-state index contributed by atoms with van der Waals surface area (Å²) in [4.78, 5) is 15.8. The molecule has 34 heavy (non-hydrogen) atoms. The zero-order valence-corrected chi connectivity index (χ0v) is 21.0. The Balaban J connectivity index is 1.85. The molecule has 3 aromatic carbocycles. The number of nitrogens with one attached hydrogen (secondary N) is 1. The van der Waals surface area contributed by atoms with Crippen LogP contribution in [0.25, 0.3) is 21.5 Å². The highest BCUT2D eigenvalue weighted by atomic mass is 16.5. The average Bonchev–Trinajstić information content (AvgIpc) is 3.30. The van der Waals surface area contributed by atoms with E-state index < -0.39 is 5.41 Å². The fraction of sp³-hybridized carbons (Fsp3) is 0.464. The second-order valence-corrected chi connectivity index (χ2v) is 10.4. The molecule has 5 rings (SSSR count). The molecule has 0 aromatic heterocycles. The number of amides is 1. The molecule has 2 atom stereocenters. The molecule has 1 saturated heterocycles. The molecular weight excluding hydrogens is 428 g/mol. The van der Waals surface area contributed by atoms with Gasteiger partial charge in [-0.1, -0.05) is 26.8 Å². The van der Waals surface area contributed by atoms with E-state index in [1.165, 1.54) is 11.1 Å². The standard InChI is InChI=1S/C28H34N2O4/c1-28(2,3)27(31)29-26-22-8-7-11-30(22)15-21-20-14-24(34-6)23(33-5)13-19(20)18-12-16(32-4)9-10-17(18)25(21)26/h9-10,12-14,22,26H,7-8,11,15H2,1-6H3,(H,29,31)/t22-,26+/m0/s1. The summed E-state index contributed by atoms with van der Waals surface area (Å²) in [6.45, 7) is 7.81. The number of nitrogens with zero attached hydrogens (tertiary/aromatic N) is 1. The van der Waals surface area contributed by atoms with Crippen molar-refractivity contribution in [3.05, 3.63) is 41.5 Å². The predicted molar refractivity (Wildman–Crippen MR) is 135 cm³/mol. The van der Waals surface area contributed by atoms with Crippen molar-refractivity contribution in [2.45, 2.75) is 52.2 Å². The van der Waals surface area contributed by atoms with E-state index in [0.717, 1.165) is 53.2 Å². The Hall–Kier alpha value is -2.99. The van der Waals surface area contributed by atoms with Crippen LogP contribution in [0.3, 0.4) is 0 Å². The van der Waals surface area contributed by atoms with Crippen LogP contribution in [-0.4, -0.2) is 44.7 Å². The minimum Gasteiger partial charge on any atom is -0.497 e. The van der Waals surface area contributed by atoms with Gasteiger partial charge in [-0.25, -0.2) is 0 Å². The Morgan fingerprint density at radius 3 is 2.26 bits per heavy atom. The predicted octanol–water partition coefficient (Wildman–Crippen LogP) is 5.20. The molecule has 1 amide bonds. The van der Waals surface area contributed by atoms with Crippen molar-refractivity contribution in [3.8, 4) is 17.2 Å². The van der Waals surface area contributed by atoms with Gasteiger partial charge in [-0.05, 0) is 76.3 Å². The summed E-state index contributed by atoms with van der Waals surface area (Å²) in [6.07, 6.45) is 2.22. The maximum absolute atomic E-state index is 13.2. The first kappa shape index (κ1) is 22.8. The Kier molecular flexibility index (Phi) is 5.59. The lowest BCUT2D eigenvalue weighted by Crippen LogP contribution is -2.49. The number of carbonyl (C=O) groups excluding carboxylic acids is 1. The lowest BCUT2D eigenvalue weighted by molar-refractivity contribution is -0.129. The Morgan fingerprint density at radius 1 is 0.941 bits per heavy atom. The Labute approximate surface area is 201 Å². The molecule has 0 aliphatic carbocycles. The van der Waals surface area contributed by atoms with E-state index >= 15 is 0 Å². The molecule has 2 aliphatic rings. The fourth-order valence-electron chi connectivity index (χ4n) is 5.64. The normalized spacial score (nSPS) is 20.2. The smallest absolute Gasteiger partial charge is 0.225 e. The van der Waals surface area contributed by atoms with Gasteiger partial charge in [0.15, 0.2) is 11.5 Å². The van der Waals surface area contributed by atoms with Gasteiger partial charge in [0.25, 0.3) is 0 Å². The third-order valence-corrected chi connectivity index (χ3v) is 7.42. The van der Waals surface area contributed by atoms with Gasteiger partial charge in [0.2, 0.25) is 5.91 Å². The highest BCUT2D eigenvalue weighted by molar-refractivity contribution is 6.12.